The number of hydrogen-bond donors (Lipinski definition) is 2. The molecule has 0 aliphatic rings. The number of amides is 1. The summed E-state index contributed by atoms with van der Waals surface area (Å²) in [6, 6.07) is 26.2. The Bertz CT molecular complexity index is 1390. The first-order chi connectivity index (χ1) is 15.7. The summed E-state index contributed by atoms with van der Waals surface area (Å²) in [7, 11) is 0. The minimum absolute atomic E-state index is 0.214. The lowest BCUT2D eigenvalue weighted by atomic mass is 10.1. The molecule has 2 heterocycles. The Labute approximate surface area is 185 Å². The first-order valence-corrected chi connectivity index (χ1v) is 10.7. The van der Waals surface area contributed by atoms with E-state index in [1.54, 1.807) is 12.1 Å². The number of nitrogens with zero attached hydrogens (tertiary/aromatic N) is 1. The number of carbonyl (C=O) groups excluding carboxylic acids is 1. The third kappa shape index (κ3) is 3.97. The van der Waals surface area contributed by atoms with Gasteiger partial charge in [0.25, 0.3) is 5.91 Å². The van der Waals surface area contributed by atoms with Gasteiger partial charge in [-0.3, -0.25) is 4.79 Å². The zero-order valence-electron chi connectivity index (χ0n) is 17.4. The number of rotatable bonds is 6. The minimum Gasteiger partial charge on any atom is -0.353 e. The van der Waals surface area contributed by atoms with Crippen LogP contribution in [0.3, 0.4) is 0 Å². The fourth-order valence-corrected chi connectivity index (χ4v) is 4.01. The number of nitrogens with one attached hydrogen (secondary N) is 2. The fraction of sp³-hybridized carbons (Fsp3) is 0.111. The number of carbonyl (C=O) groups is 1. The topological polar surface area (TPSA) is 57.8 Å². The second-order valence-electron chi connectivity index (χ2n) is 7.80. The Morgan fingerprint density at radius 2 is 1.66 bits per heavy atom. The average Bonchev–Trinajstić information content (AvgIpc) is 3.21. The van der Waals surface area contributed by atoms with Crippen molar-refractivity contribution >= 4 is 27.7 Å². The van der Waals surface area contributed by atoms with Gasteiger partial charge in [-0.25, -0.2) is 9.37 Å². The van der Waals surface area contributed by atoms with E-state index >= 15 is 0 Å². The fourth-order valence-electron chi connectivity index (χ4n) is 4.01. The van der Waals surface area contributed by atoms with Crippen molar-refractivity contribution in [1.29, 1.82) is 0 Å². The first-order valence-electron chi connectivity index (χ1n) is 10.7. The van der Waals surface area contributed by atoms with Crippen LogP contribution in [0.5, 0.6) is 0 Å². The van der Waals surface area contributed by atoms with Crippen LogP contribution in [0, 0.1) is 5.82 Å². The highest BCUT2D eigenvalue weighted by Crippen LogP contribution is 2.32. The van der Waals surface area contributed by atoms with E-state index in [2.05, 4.69) is 27.4 Å². The van der Waals surface area contributed by atoms with Crippen LogP contribution in [0.25, 0.3) is 33.1 Å². The number of aromatic amines is 1. The standard InChI is InChI=1S/C27H22FN3O/c28-20-14-12-19(13-15-20)25-26-22(21-10-4-5-11-23(21)30-26)17-24(31-25)27(32)29-16-6-9-18-7-2-1-3-8-18/h1-5,7-8,10-15,17,30H,6,9,16H2,(H,29,32). The summed E-state index contributed by atoms with van der Waals surface area (Å²) >= 11 is 0. The maximum absolute atomic E-state index is 13.5. The smallest absolute Gasteiger partial charge is 0.269 e. The van der Waals surface area contributed by atoms with Gasteiger partial charge in [-0.15, -0.1) is 0 Å². The molecule has 3 aromatic carbocycles. The molecule has 5 aromatic rings. The van der Waals surface area contributed by atoms with E-state index in [0.717, 1.165) is 40.2 Å². The summed E-state index contributed by atoms with van der Waals surface area (Å²) in [5.74, 6) is -0.525. The summed E-state index contributed by atoms with van der Waals surface area (Å²) in [5.41, 5.74) is 4.78. The molecular formula is C27H22FN3O. The molecule has 0 radical (unpaired) electrons. The van der Waals surface area contributed by atoms with E-state index in [0.29, 0.717) is 17.9 Å². The molecule has 5 heteroatoms. The number of benzene rings is 3. The number of fused-ring (bicyclic) bond motifs is 3. The summed E-state index contributed by atoms with van der Waals surface area (Å²) in [6.45, 7) is 0.563. The van der Waals surface area contributed by atoms with Crippen molar-refractivity contribution in [2.45, 2.75) is 12.8 Å². The lowest BCUT2D eigenvalue weighted by molar-refractivity contribution is 0.0948. The summed E-state index contributed by atoms with van der Waals surface area (Å²) < 4.78 is 13.5. The van der Waals surface area contributed by atoms with Gasteiger partial charge in [0.2, 0.25) is 0 Å². The minimum atomic E-state index is -0.311. The summed E-state index contributed by atoms with van der Waals surface area (Å²) in [5, 5.41) is 4.93. The van der Waals surface area contributed by atoms with E-state index in [9.17, 15) is 9.18 Å². The van der Waals surface area contributed by atoms with Crippen LogP contribution < -0.4 is 5.32 Å². The first kappa shape index (κ1) is 19.9. The van der Waals surface area contributed by atoms with E-state index in [1.807, 2.05) is 48.5 Å². The van der Waals surface area contributed by atoms with Crippen LogP contribution in [-0.2, 0) is 6.42 Å². The van der Waals surface area contributed by atoms with Gasteiger partial charge in [0.05, 0.1) is 11.2 Å². The van der Waals surface area contributed by atoms with Gasteiger partial charge in [-0.1, -0.05) is 48.5 Å². The van der Waals surface area contributed by atoms with Crippen LogP contribution in [0.15, 0.2) is 84.9 Å². The number of pyridine rings is 1. The van der Waals surface area contributed by atoms with Crippen molar-refractivity contribution in [2.75, 3.05) is 6.54 Å². The van der Waals surface area contributed by atoms with Crippen molar-refractivity contribution in [3.63, 3.8) is 0 Å². The van der Waals surface area contributed by atoms with Crippen LogP contribution in [-0.4, -0.2) is 22.4 Å². The van der Waals surface area contributed by atoms with Gasteiger partial charge in [0.15, 0.2) is 0 Å². The molecule has 1 amide bonds. The molecule has 0 aliphatic carbocycles. The molecule has 0 unspecified atom stereocenters. The zero-order valence-corrected chi connectivity index (χ0v) is 17.4. The Hall–Kier alpha value is -3.99. The summed E-state index contributed by atoms with van der Waals surface area (Å²) in [6.07, 6.45) is 1.74. The Balaban J connectivity index is 1.46. The molecular weight excluding hydrogens is 401 g/mol. The second-order valence-corrected chi connectivity index (χ2v) is 7.80. The maximum atomic E-state index is 13.5. The van der Waals surface area contributed by atoms with Gasteiger partial charge in [-0.2, -0.15) is 0 Å². The van der Waals surface area contributed by atoms with Gasteiger partial charge in [-0.05, 0) is 54.8 Å². The Kier molecular flexibility index (Phi) is 5.38. The molecule has 4 nitrogen and oxygen atoms in total. The normalized spacial score (nSPS) is 11.2. The Morgan fingerprint density at radius 3 is 2.47 bits per heavy atom. The average molecular weight is 423 g/mol. The van der Waals surface area contributed by atoms with E-state index < -0.39 is 0 Å². The number of aromatic nitrogens is 2. The van der Waals surface area contributed by atoms with Crippen molar-refractivity contribution in [2.24, 2.45) is 0 Å². The molecule has 158 valence electrons. The molecule has 0 atom stereocenters. The lowest BCUT2D eigenvalue weighted by Crippen LogP contribution is -2.25. The van der Waals surface area contributed by atoms with Gasteiger partial charge in [0.1, 0.15) is 11.5 Å². The van der Waals surface area contributed by atoms with Gasteiger partial charge >= 0.3 is 0 Å². The third-order valence-electron chi connectivity index (χ3n) is 5.62. The van der Waals surface area contributed by atoms with Crippen LogP contribution in [0.4, 0.5) is 4.39 Å². The highest BCUT2D eigenvalue weighted by molar-refractivity contribution is 6.13. The molecule has 2 aromatic heterocycles. The highest BCUT2D eigenvalue weighted by Gasteiger charge is 2.17. The van der Waals surface area contributed by atoms with Crippen molar-refractivity contribution in [3.8, 4) is 11.3 Å². The molecule has 32 heavy (non-hydrogen) atoms. The van der Waals surface area contributed by atoms with Crippen molar-refractivity contribution in [3.05, 3.63) is 102 Å². The number of aryl methyl sites for hydroxylation is 1. The predicted octanol–water partition coefficient (Wildman–Crippen LogP) is 5.88. The molecule has 0 fully saturated rings. The van der Waals surface area contributed by atoms with E-state index in [-0.39, 0.29) is 11.7 Å². The SMILES string of the molecule is O=C(NCCCc1ccccc1)c1cc2c([nH]c3ccccc32)c(-c2ccc(F)cc2)n1. The molecule has 0 aliphatic heterocycles. The molecule has 0 spiro atoms. The number of H-pyrrole nitrogens is 1. The Morgan fingerprint density at radius 1 is 0.906 bits per heavy atom. The summed E-state index contributed by atoms with van der Waals surface area (Å²) in [4.78, 5) is 21.0. The second kappa shape index (κ2) is 8.63. The van der Waals surface area contributed by atoms with Crippen LogP contribution >= 0.6 is 0 Å². The highest BCUT2D eigenvalue weighted by atomic mass is 19.1. The predicted molar refractivity (Wildman–Crippen MR) is 126 cm³/mol. The van der Waals surface area contributed by atoms with Crippen LogP contribution in [0.1, 0.15) is 22.5 Å². The monoisotopic (exact) mass is 423 g/mol. The van der Waals surface area contributed by atoms with E-state index in [1.165, 1.54) is 17.7 Å². The zero-order chi connectivity index (χ0) is 21.9. The molecule has 0 saturated heterocycles. The van der Waals surface area contributed by atoms with Gasteiger partial charge < -0.3 is 10.3 Å². The third-order valence-corrected chi connectivity index (χ3v) is 5.62. The van der Waals surface area contributed by atoms with E-state index in [4.69, 9.17) is 0 Å². The number of para-hydroxylation sites is 1. The molecule has 0 bridgehead atoms. The number of hydrogen-bond acceptors (Lipinski definition) is 2. The van der Waals surface area contributed by atoms with Gasteiger partial charge in [0, 0.05) is 28.4 Å². The molecule has 2 N–H and O–H groups in total. The number of halogens is 1. The maximum Gasteiger partial charge on any atom is 0.269 e. The van der Waals surface area contributed by atoms with Crippen molar-refractivity contribution in [1.82, 2.24) is 15.3 Å². The van der Waals surface area contributed by atoms with Crippen molar-refractivity contribution < 1.29 is 9.18 Å². The lowest BCUT2D eigenvalue weighted by Gasteiger charge is -2.09. The molecule has 5 rings (SSSR count). The quantitative estimate of drug-likeness (QED) is 0.335. The largest absolute Gasteiger partial charge is 0.353 e. The molecule has 0 saturated carbocycles. The van der Waals surface area contributed by atoms with Crippen LogP contribution in [0.2, 0.25) is 0 Å².